The van der Waals surface area contributed by atoms with Crippen molar-refractivity contribution >= 4 is 53.2 Å². The van der Waals surface area contributed by atoms with Gasteiger partial charge in [-0.1, -0.05) is 17.7 Å². The van der Waals surface area contributed by atoms with E-state index in [0.29, 0.717) is 22.6 Å². The number of hydrogen-bond donors (Lipinski definition) is 2. The van der Waals surface area contributed by atoms with Gasteiger partial charge in [-0.15, -0.1) is 24.8 Å². The highest BCUT2D eigenvalue weighted by Gasteiger charge is 2.12. The molecule has 1 unspecified atom stereocenters. The summed E-state index contributed by atoms with van der Waals surface area (Å²) in [6, 6.07) is 7.37. The molecular formula is C14H18Cl3N3O. The van der Waals surface area contributed by atoms with E-state index >= 15 is 0 Å². The van der Waals surface area contributed by atoms with Crippen LogP contribution in [0.4, 0.5) is 0 Å². The van der Waals surface area contributed by atoms with Gasteiger partial charge >= 0.3 is 0 Å². The molecule has 116 valence electrons. The average molecular weight is 351 g/mol. The number of likely N-dealkylation sites (N-methyl/N-ethyl adjacent to an activating group) is 1. The van der Waals surface area contributed by atoms with E-state index in [4.69, 9.17) is 11.6 Å². The summed E-state index contributed by atoms with van der Waals surface area (Å²) in [6.07, 6.45) is 1.67. The molecule has 2 N–H and O–H groups in total. The SMILES string of the molecule is CNC(C)CNC(=O)c1cc(Cl)cc2cccnc12.Cl.Cl. The molecule has 7 heteroatoms. The molecule has 0 aliphatic heterocycles. The van der Waals surface area contributed by atoms with Gasteiger partial charge < -0.3 is 10.6 Å². The molecule has 2 rings (SSSR count). The first-order chi connectivity index (χ1) is 9.11. The minimum atomic E-state index is -0.159. The fourth-order valence-electron chi connectivity index (χ4n) is 1.77. The Hall–Kier alpha value is -1.07. The molecule has 1 aromatic heterocycles. The second kappa shape index (κ2) is 9.05. The van der Waals surface area contributed by atoms with Crippen molar-refractivity contribution in [1.29, 1.82) is 0 Å². The Balaban J connectivity index is 0.00000200. The normalized spacial score (nSPS) is 11.2. The number of halogens is 3. The van der Waals surface area contributed by atoms with Crippen LogP contribution in [0.1, 0.15) is 17.3 Å². The smallest absolute Gasteiger partial charge is 0.253 e. The molecule has 0 aliphatic carbocycles. The van der Waals surface area contributed by atoms with Gasteiger partial charge in [0.15, 0.2) is 0 Å². The van der Waals surface area contributed by atoms with Gasteiger partial charge in [0, 0.05) is 29.2 Å². The van der Waals surface area contributed by atoms with E-state index in [2.05, 4.69) is 15.6 Å². The summed E-state index contributed by atoms with van der Waals surface area (Å²) in [4.78, 5) is 16.4. The summed E-state index contributed by atoms with van der Waals surface area (Å²) in [7, 11) is 1.85. The van der Waals surface area contributed by atoms with Crippen molar-refractivity contribution in [3.63, 3.8) is 0 Å². The average Bonchev–Trinajstić information content (AvgIpc) is 2.43. The van der Waals surface area contributed by atoms with Crippen LogP contribution < -0.4 is 10.6 Å². The summed E-state index contributed by atoms with van der Waals surface area (Å²) in [5.74, 6) is -0.159. The maximum Gasteiger partial charge on any atom is 0.253 e. The third kappa shape index (κ3) is 5.00. The number of aromatic nitrogens is 1. The lowest BCUT2D eigenvalue weighted by Crippen LogP contribution is -2.37. The number of amides is 1. The number of carbonyl (C=O) groups is 1. The molecule has 0 saturated carbocycles. The van der Waals surface area contributed by atoms with Crippen molar-refractivity contribution in [3.8, 4) is 0 Å². The van der Waals surface area contributed by atoms with Crippen LogP contribution in [0.25, 0.3) is 10.9 Å². The number of fused-ring (bicyclic) bond motifs is 1. The van der Waals surface area contributed by atoms with Crippen LogP contribution >= 0.6 is 36.4 Å². The van der Waals surface area contributed by atoms with Gasteiger partial charge in [0.05, 0.1) is 11.1 Å². The van der Waals surface area contributed by atoms with Crippen molar-refractivity contribution in [1.82, 2.24) is 15.6 Å². The number of pyridine rings is 1. The van der Waals surface area contributed by atoms with Crippen molar-refractivity contribution in [3.05, 3.63) is 41.0 Å². The molecule has 4 nitrogen and oxygen atoms in total. The first-order valence-electron chi connectivity index (χ1n) is 6.11. The highest BCUT2D eigenvalue weighted by molar-refractivity contribution is 6.32. The molecule has 0 fully saturated rings. The molecule has 1 amide bonds. The van der Waals surface area contributed by atoms with Gasteiger partial charge in [-0.3, -0.25) is 9.78 Å². The number of carbonyl (C=O) groups excluding carboxylic acids is 1. The highest BCUT2D eigenvalue weighted by atomic mass is 35.5. The van der Waals surface area contributed by atoms with Crippen molar-refractivity contribution in [2.45, 2.75) is 13.0 Å². The van der Waals surface area contributed by atoms with Gasteiger partial charge in [-0.25, -0.2) is 0 Å². The minimum absolute atomic E-state index is 0. The molecule has 1 atom stereocenters. The fourth-order valence-corrected chi connectivity index (χ4v) is 2.00. The van der Waals surface area contributed by atoms with Crippen molar-refractivity contribution < 1.29 is 4.79 Å². The standard InChI is InChI=1S/C14H16ClN3O.2ClH/c1-9(16-2)8-18-14(19)12-7-11(15)6-10-4-3-5-17-13(10)12;;/h3-7,9,16H,8H2,1-2H3,(H,18,19);2*1H. The Kier molecular flexibility index (Phi) is 8.59. The van der Waals surface area contributed by atoms with Gasteiger partial charge in [0.1, 0.15) is 0 Å². The largest absolute Gasteiger partial charge is 0.350 e. The molecule has 21 heavy (non-hydrogen) atoms. The second-order valence-electron chi connectivity index (χ2n) is 4.43. The summed E-state index contributed by atoms with van der Waals surface area (Å²) in [5.41, 5.74) is 1.17. The van der Waals surface area contributed by atoms with Gasteiger partial charge in [-0.2, -0.15) is 0 Å². The summed E-state index contributed by atoms with van der Waals surface area (Å²) >= 11 is 6.04. The number of rotatable bonds is 4. The van der Waals surface area contributed by atoms with E-state index in [9.17, 15) is 4.79 Å². The van der Waals surface area contributed by atoms with Gasteiger partial charge in [-0.05, 0) is 32.2 Å². The quantitative estimate of drug-likeness (QED) is 0.891. The van der Waals surface area contributed by atoms with E-state index in [-0.39, 0.29) is 36.8 Å². The predicted octanol–water partition coefficient (Wildman–Crippen LogP) is 3.07. The molecule has 2 aromatic rings. The fraction of sp³-hybridized carbons (Fsp3) is 0.286. The zero-order chi connectivity index (χ0) is 13.8. The Morgan fingerprint density at radius 3 is 2.76 bits per heavy atom. The molecule has 0 radical (unpaired) electrons. The lowest BCUT2D eigenvalue weighted by molar-refractivity contribution is 0.0952. The maximum absolute atomic E-state index is 12.2. The van der Waals surface area contributed by atoms with Crippen LogP contribution in [-0.2, 0) is 0 Å². The number of nitrogens with one attached hydrogen (secondary N) is 2. The summed E-state index contributed by atoms with van der Waals surface area (Å²) in [5, 5.41) is 7.33. The lowest BCUT2D eigenvalue weighted by Gasteiger charge is -2.12. The zero-order valence-electron chi connectivity index (χ0n) is 11.7. The Morgan fingerprint density at radius 1 is 1.38 bits per heavy atom. The topological polar surface area (TPSA) is 54.0 Å². The monoisotopic (exact) mass is 349 g/mol. The van der Waals surface area contributed by atoms with E-state index in [1.165, 1.54) is 0 Å². The molecule has 0 aliphatic rings. The van der Waals surface area contributed by atoms with Crippen LogP contribution in [-0.4, -0.2) is 30.5 Å². The van der Waals surface area contributed by atoms with Crippen LogP contribution in [0, 0.1) is 0 Å². The molecule has 1 heterocycles. The zero-order valence-corrected chi connectivity index (χ0v) is 14.1. The summed E-state index contributed by atoms with van der Waals surface area (Å²) in [6.45, 7) is 2.55. The Bertz CT molecular complexity index is 607. The van der Waals surface area contributed by atoms with Crippen LogP contribution in [0.2, 0.25) is 5.02 Å². The minimum Gasteiger partial charge on any atom is -0.350 e. The van der Waals surface area contributed by atoms with Crippen LogP contribution in [0.3, 0.4) is 0 Å². The predicted molar refractivity (Wildman–Crippen MR) is 92.1 cm³/mol. The maximum atomic E-state index is 12.2. The Morgan fingerprint density at radius 2 is 2.10 bits per heavy atom. The first kappa shape index (κ1) is 19.9. The third-order valence-electron chi connectivity index (χ3n) is 2.98. The molecule has 0 spiro atoms. The molecule has 1 aromatic carbocycles. The second-order valence-corrected chi connectivity index (χ2v) is 4.86. The Labute approximate surface area is 141 Å². The van der Waals surface area contributed by atoms with Gasteiger partial charge in [0.2, 0.25) is 0 Å². The van der Waals surface area contributed by atoms with Crippen LogP contribution in [0.5, 0.6) is 0 Å². The molecular weight excluding hydrogens is 333 g/mol. The number of nitrogens with zero attached hydrogens (tertiary/aromatic N) is 1. The van der Waals surface area contributed by atoms with Gasteiger partial charge in [0.25, 0.3) is 5.91 Å². The molecule has 0 saturated heterocycles. The van der Waals surface area contributed by atoms with E-state index in [1.54, 1.807) is 18.3 Å². The highest BCUT2D eigenvalue weighted by Crippen LogP contribution is 2.22. The number of hydrogen-bond acceptors (Lipinski definition) is 3. The van der Waals surface area contributed by atoms with E-state index in [0.717, 1.165) is 5.39 Å². The summed E-state index contributed by atoms with van der Waals surface area (Å²) < 4.78 is 0. The van der Waals surface area contributed by atoms with Crippen LogP contribution in [0.15, 0.2) is 30.5 Å². The third-order valence-corrected chi connectivity index (χ3v) is 3.19. The lowest BCUT2D eigenvalue weighted by atomic mass is 10.1. The van der Waals surface area contributed by atoms with E-state index < -0.39 is 0 Å². The number of benzene rings is 1. The van der Waals surface area contributed by atoms with Crippen molar-refractivity contribution in [2.24, 2.45) is 0 Å². The van der Waals surface area contributed by atoms with Crippen molar-refractivity contribution in [2.75, 3.05) is 13.6 Å². The first-order valence-corrected chi connectivity index (χ1v) is 6.49. The molecule has 0 bridgehead atoms. The van der Waals surface area contributed by atoms with E-state index in [1.807, 2.05) is 26.1 Å².